The first-order valence-corrected chi connectivity index (χ1v) is 7.09. The Balaban J connectivity index is 0.00000361. The van der Waals surface area contributed by atoms with Crippen molar-refractivity contribution in [2.24, 2.45) is 17.1 Å². The number of nitrogens with two attached hydrogens (primary N) is 1. The van der Waals surface area contributed by atoms with Crippen molar-refractivity contribution in [1.29, 1.82) is 0 Å². The van der Waals surface area contributed by atoms with Gasteiger partial charge in [-0.25, -0.2) is 0 Å². The van der Waals surface area contributed by atoms with Crippen LogP contribution in [0.2, 0.25) is 0 Å². The fourth-order valence-electron chi connectivity index (χ4n) is 2.32. The molecule has 20 heavy (non-hydrogen) atoms. The van der Waals surface area contributed by atoms with Gasteiger partial charge in [0.1, 0.15) is 0 Å². The first kappa shape index (κ1) is 19.2. The van der Waals surface area contributed by atoms with Crippen LogP contribution in [0, 0.1) is 11.3 Å². The molecule has 0 spiro atoms. The maximum atomic E-state index is 12.2. The molecule has 1 fully saturated rings. The zero-order valence-corrected chi connectivity index (χ0v) is 13.6. The number of likely N-dealkylation sites (tertiary alicyclic amines) is 1. The van der Waals surface area contributed by atoms with Crippen molar-refractivity contribution in [3.63, 3.8) is 0 Å². The van der Waals surface area contributed by atoms with Gasteiger partial charge in [0.2, 0.25) is 11.8 Å². The van der Waals surface area contributed by atoms with Crippen molar-refractivity contribution in [3.8, 4) is 0 Å². The molecule has 0 bridgehead atoms. The van der Waals surface area contributed by atoms with Crippen molar-refractivity contribution in [2.75, 3.05) is 26.2 Å². The van der Waals surface area contributed by atoms with Gasteiger partial charge < -0.3 is 16.0 Å². The van der Waals surface area contributed by atoms with Crippen molar-refractivity contribution >= 4 is 24.2 Å². The summed E-state index contributed by atoms with van der Waals surface area (Å²) in [7, 11) is 0. The SMILES string of the molecule is CC(C)(C)CC(=O)N1CCCC(C(=O)NCCN)C1.Cl. The lowest BCUT2D eigenvalue weighted by Crippen LogP contribution is -2.46. The van der Waals surface area contributed by atoms with Gasteiger partial charge >= 0.3 is 0 Å². The van der Waals surface area contributed by atoms with Crippen LogP contribution in [0.5, 0.6) is 0 Å². The minimum absolute atomic E-state index is 0. The normalized spacial score (nSPS) is 19.2. The highest BCUT2D eigenvalue weighted by molar-refractivity contribution is 5.85. The number of piperidine rings is 1. The number of hydrogen-bond acceptors (Lipinski definition) is 3. The van der Waals surface area contributed by atoms with Gasteiger partial charge in [0.05, 0.1) is 5.92 Å². The van der Waals surface area contributed by atoms with E-state index in [0.29, 0.717) is 26.1 Å². The summed E-state index contributed by atoms with van der Waals surface area (Å²) in [6.45, 7) is 8.44. The summed E-state index contributed by atoms with van der Waals surface area (Å²) in [5.41, 5.74) is 5.36. The van der Waals surface area contributed by atoms with E-state index in [9.17, 15) is 9.59 Å². The number of carbonyl (C=O) groups excluding carboxylic acids is 2. The summed E-state index contributed by atoms with van der Waals surface area (Å²) in [4.78, 5) is 25.9. The molecule has 3 N–H and O–H groups in total. The van der Waals surface area contributed by atoms with Gasteiger partial charge in [0.25, 0.3) is 0 Å². The van der Waals surface area contributed by atoms with Crippen molar-refractivity contribution in [2.45, 2.75) is 40.0 Å². The molecule has 0 aromatic carbocycles. The topological polar surface area (TPSA) is 75.4 Å². The second-order valence-electron chi connectivity index (χ2n) is 6.50. The van der Waals surface area contributed by atoms with E-state index in [1.54, 1.807) is 0 Å². The predicted octanol–water partition coefficient (Wildman–Crippen LogP) is 1.16. The summed E-state index contributed by atoms with van der Waals surface area (Å²) < 4.78 is 0. The molecule has 0 aromatic rings. The average molecular weight is 306 g/mol. The van der Waals surface area contributed by atoms with Crippen LogP contribution in [0.1, 0.15) is 40.0 Å². The smallest absolute Gasteiger partial charge is 0.224 e. The zero-order valence-electron chi connectivity index (χ0n) is 12.8. The highest BCUT2D eigenvalue weighted by Gasteiger charge is 2.29. The van der Waals surface area contributed by atoms with Crippen LogP contribution in [0.25, 0.3) is 0 Å². The molecule has 0 aliphatic carbocycles. The van der Waals surface area contributed by atoms with E-state index in [0.717, 1.165) is 19.4 Å². The third kappa shape index (κ3) is 6.57. The fraction of sp³-hybridized carbons (Fsp3) is 0.857. The Morgan fingerprint density at radius 2 is 2.00 bits per heavy atom. The van der Waals surface area contributed by atoms with Crippen LogP contribution >= 0.6 is 12.4 Å². The highest BCUT2D eigenvalue weighted by Crippen LogP contribution is 2.23. The van der Waals surface area contributed by atoms with Crippen molar-refractivity contribution in [1.82, 2.24) is 10.2 Å². The molecule has 2 amide bonds. The van der Waals surface area contributed by atoms with Gasteiger partial charge in [-0.3, -0.25) is 9.59 Å². The molecule has 5 nitrogen and oxygen atoms in total. The summed E-state index contributed by atoms with van der Waals surface area (Å²) >= 11 is 0. The third-order valence-electron chi connectivity index (χ3n) is 3.27. The lowest BCUT2D eigenvalue weighted by atomic mass is 9.90. The highest BCUT2D eigenvalue weighted by atomic mass is 35.5. The Bertz CT molecular complexity index is 329. The van der Waals surface area contributed by atoms with Gasteiger partial charge in [-0.1, -0.05) is 20.8 Å². The molecule has 0 saturated carbocycles. The monoisotopic (exact) mass is 305 g/mol. The molecular weight excluding hydrogens is 278 g/mol. The molecule has 1 atom stereocenters. The number of halogens is 1. The van der Waals surface area contributed by atoms with Gasteiger partial charge in [-0.05, 0) is 18.3 Å². The number of nitrogens with one attached hydrogen (secondary N) is 1. The first-order valence-electron chi connectivity index (χ1n) is 7.09. The van der Waals surface area contributed by atoms with E-state index in [1.807, 2.05) is 4.90 Å². The molecular formula is C14H28ClN3O2. The molecule has 0 aromatic heterocycles. The van der Waals surface area contributed by atoms with Gasteiger partial charge in [0.15, 0.2) is 0 Å². The first-order chi connectivity index (χ1) is 8.83. The van der Waals surface area contributed by atoms with Crippen LogP contribution < -0.4 is 11.1 Å². The minimum Gasteiger partial charge on any atom is -0.355 e. The fourth-order valence-corrected chi connectivity index (χ4v) is 2.32. The van der Waals surface area contributed by atoms with Crippen molar-refractivity contribution < 1.29 is 9.59 Å². The summed E-state index contributed by atoms with van der Waals surface area (Å²) in [5.74, 6) is 0.103. The Morgan fingerprint density at radius 3 is 2.55 bits per heavy atom. The Kier molecular flexibility index (Phi) is 8.13. The lowest BCUT2D eigenvalue weighted by molar-refractivity contribution is -0.137. The molecule has 1 aliphatic rings. The number of carbonyl (C=O) groups is 2. The number of amides is 2. The van der Waals surface area contributed by atoms with Crippen LogP contribution in [-0.4, -0.2) is 42.9 Å². The van der Waals surface area contributed by atoms with Crippen LogP contribution in [0.15, 0.2) is 0 Å². The van der Waals surface area contributed by atoms with Crippen LogP contribution in [-0.2, 0) is 9.59 Å². The van der Waals surface area contributed by atoms with Crippen LogP contribution in [0.4, 0.5) is 0 Å². The Morgan fingerprint density at radius 1 is 1.35 bits per heavy atom. The second kappa shape index (κ2) is 8.47. The molecule has 1 aliphatic heterocycles. The maximum absolute atomic E-state index is 12.2. The van der Waals surface area contributed by atoms with Gasteiger partial charge in [-0.2, -0.15) is 0 Å². The molecule has 1 saturated heterocycles. The quantitative estimate of drug-likeness (QED) is 0.818. The predicted molar refractivity (Wildman–Crippen MR) is 82.7 cm³/mol. The van der Waals surface area contributed by atoms with E-state index >= 15 is 0 Å². The summed E-state index contributed by atoms with van der Waals surface area (Å²) in [6.07, 6.45) is 2.29. The third-order valence-corrected chi connectivity index (χ3v) is 3.27. The number of hydrogen-bond donors (Lipinski definition) is 2. The minimum atomic E-state index is -0.0794. The van der Waals surface area contributed by atoms with E-state index < -0.39 is 0 Å². The van der Waals surface area contributed by atoms with Crippen LogP contribution in [0.3, 0.4) is 0 Å². The number of nitrogens with zero attached hydrogens (tertiary/aromatic N) is 1. The molecule has 118 valence electrons. The van der Waals surface area contributed by atoms with E-state index in [-0.39, 0.29) is 35.6 Å². The Hall–Kier alpha value is -0.810. The zero-order chi connectivity index (χ0) is 14.5. The molecule has 1 heterocycles. The van der Waals surface area contributed by atoms with E-state index in [4.69, 9.17) is 5.73 Å². The summed E-state index contributed by atoms with van der Waals surface area (Å²) in [6, 6.07) is 0. The average Bonchev–Trinajstić information content (AvgIpc) is 2.34. The molecule has 1 rings (SSSR count). The maximum Gasteiger partial charge on any atom is 0.224 e. The molecule has 0 radical (unpaired) electrons. The van der Waals surface area contributed by atoms with E-state index in [1.165, 1.54) is 0 Å². The summed E-state index contributed by atoms with van der Waals surface area (Å²) in [5, 5.41) is 2.81. The largest absolute Gasteiger partial charge is 0.355 e. The standard InChI is InChI=1S/C14H27N3O2.ClH/c1-14(2,3)9-12(18)17-8-4-5-11(10-17)13(19)16-7-6-15;/h11H,4-10,15H2,1-3H3,(H,16,19);1H. The second-order valence-corrected chi connectivity index (χ2v) is 6.50. The Labute approximate surface area is 128 Å². The van der Waals surface area contributed by atoms with Gasteiger partial charge in [0, 0.05) is 32.6 Å². The van der Waals surface area contributed by atoms with Gasteiger partial charge in [-0.15, -0.1) is 12.4 Å². The number of rotatable bonds is 4. The molecule has 6 heteroatoms. The lowest BCUT2D eigenvalue weighted by Gasteiger charge is -2.33. The molecule has 1 unspecified atom stereocenters. The van der Waals surface area contributed by atoms with E-state index in [2.05, 4.69) is 26.1 Å². The van der Waals surface area contributed by atoms with Crippen molar-refractivity contribution in [3.05, 3.63) is 0 Å².